The van der Waals surface area contributed by atoms with Crippen molar-refractivity contribution in [1.29, 1.82) is 0 Å². The van der Waals surface area contributed by atoms with Gasteiger partial charge in [-0.1, -0.05) is 22.0 Å². The van der Waals surface area contributed by atoms with Gasteiger partial charge in [-0.05, 0) is 48.9 Å². The van der Waals surface area contributed by atoms with Gasteiger partial charge in [0.05, 0.1) is 0 Å². The van der Waals surface area contributed by atoms with Gasteiger partial charge in [-0.2, -0.15) is 0 Å². The van der Waals surface area contributed by atoms with Gasteiger partial charge in [0.2, 0.25) is 0 Å². The van der Waals surface area contributed by atoms with Gasteiger partial charge < -0.3 is 5.32 Å². The van der Waals surface area contributed by atoms with E-state index in [4.69, 9.17) is 0 Å². The number of halogens is 2. The van der Waals surface area contributed by atoms with E-state index in [9.17, 15) is 9.18 Å². The Kier molecular flexibility index (Phi) is 3.77. The normalized spacial score (nSPS) is 10.2. The molecule has 0 aliphatic carbocycles. The van der Waals surface area contributed by atoms with Crippen molar-refractivity contribution < 1.29 is 9.18 Å². The summed E-state index contributed by atoms with van der Waals surface area (Å²) in [6, 6.07) is 11.4. The Morgan fingerprint density at radius 1 is 1.22 bits per heavy atom. The number of hydrogen-bond acceptors (Lipinski definition) is 1. The summed E-state index contributed by atoms with van der Waals surface area (Å²) in [5, 5.41) is 2.75. The molecule has 2 aromatic carbocycles. The number of anilines is 1. The summed E-state index contributed by atoms with van der Waals surface area (Å²) in [7, 11) is 0. The molecule has 18 heavy (non-hydrogen) atoms. The Balaban J connectivity index is 2.21. The smallest absolute Gasteiger partial charge is 0.255 e. The zero-order valence-corrected chi connectivity index (χ0v) is 11.3. The summed E-state index contributed by atoms with van der Waals surface area (Å²) in [6.45, 7) is 1.75. The highest BCUT2D eigenvalue weighted by atomic mass is 79.9. The van der Waals surface area contributed by atoms with E-state index < -0.39 is 0 Å². The van der Waals surface area contributed by atoms with Gasteiger partial charge in [-0.25, -0.2) is 4.39 Å². The predicted molar refractivity (Wildman–Crippen MR) is 73.2 cm³/mol. The number of carbonyl (C=O) groups is 1. The molecule has 0 aromatic heterocycles. The molecule has 0 bridgehead atoms. The molecule has 0 unspecified atom stereocenters. The maximum atomic E-state index is 12.9. The maximum Gasteiger partial charge on any atom is 0.255 e. The number of rotatable bonds is 2. The van der Waals surface area contributed by atoms with Crippen LogP contribution in [0, 0.1) is 12.7 Å². The molecule has 0 aliphatic heterocycles. The molecule has 0 heterocycles. The molecule has 0 radical (unpaired) electrons. The van der Waals surface area contributed by atoms with Crippen LogP contribution in [0.2, 0.25) is 0 Å². The number of benzene rings is 2. The monoisotopic (exact) mass is 307 g/mol. The zero-order chi connectivity index (χ0) is 13.1. The van der Waals surface area contributed by atoms with Crippen LogP contribution in [0.3, 0.4) is 0 Å². The van der Waals surface area contributed by atoms with E-state index in [1.54, 1.807) is 31.2 Å². The minimum absolute atomic E-state index is 0.217. The molecule has 2 aromatic rings. The number of amides is 1. The topological polar surface area (TPSA) is 29.1 Å². The van der Waals surface area contributed by atoms with Crippen LogP contribution in [0.4, 0.5) is 10.1 Å². The fraction of sp³-hybridized carbons (Fsp3) is 0.0714. The number of nitrogens with one attached hydrogen (secondary N) is 1. The van der Waals surface area contributed by atoms with E-state index in [0.717, 1.165) is 4.47 Å². The van der Waals surface area contributed by atoms with Crippen molar-refractivity contribution in [2.75, 3.05) is 5.32 Å². The summed E-state index contributed by atoms with van der Waals surface area (Å²) in [5.74, 6) is -0.529. The fourth-order valence-electron chi connectivity index (χ4n) is 1.59. The average molecular weight is 308 g/mol. The second kappa shape index (κ2) is 5.31. The van der Waals surface area contributed by atoms with Gasteiger partial charge in [0.15, 0.2) is 0 Å². The number of aryl methyl sites for hydroxylation is 1. The third-order valence-corrected chi connectivity index (χ3v) is 3.02. The second-order valence-electron chi connectivity index (χ2n) is 3.92. The van der Waals surface area contributed by atoms with Crippen LogP contribution in [0.15, 0.2) is 46.9 Å². The van der Waals surface area contributed by atoms with E-state index in [-0.39, 0.29) is 11.7 Å². The van der Waals surface area contributed by atoms with Crippen molar-refractivity contribution in [1.82, 2.24) is 0 Å². The average Bonchev–Trinajstić information content (AvgIpc) is 2.32. The van der Waals surface area contributed by atoms with E-state index in [1.165, 1.54) is 12.1 Å². The van der Waals surface area contributed by atoms with Crippen LogP contribution >= 0.6 is 15.9 Å². The lowest BCUT2D eigenvalue weighted by atomic mass is 10.1. The Bertz CT molecular complexity index is 598. The summed E-state index contributed by atoms with van der Waals surface area (Å²) < 4.78 is 13.8. The minimum Gasteiger partial charge on any atom is -0.322 e. The van der Waals surface area contributed by atoms with Crippen LogP contribution in [0.5, 0.6) is 0 Å². The molecule has 0 saturated carbocycles. The van der Waals surface area contributed by atoms with Crippen LogP contribution in [0.25, 0.3) is 0 Å². The molecule has 0 spiro atoms. The quantitative estimate of drug-likeness (QED) is 0.887. The summed E-state index contributed by atoms with van der Waals surface area (Å²) in [5.41, 5.74) is 1.85. The van der Waals surface area contributed by atoms with Crippen molar-refractivity contribution in [2.45, 2.75) is 6.92 Å². The molecule has 0 atom stereocenters. The van der Waals surface area contributed by atoms with Crippen molar-refractivity contribution >= 4 is 27.5 Å². The molecule has 1 N–H and O–H groups in total. The van der Waals surface area contributed by atoms with E-state index in [0.29, 0.717) is 16.8 Å². The molecule has 2 rings (SSSR count). The summed E-state index contributed by atoms with van der Waals surface area (Å²) in [4.78, 5) is 12.0. The molecule has 0 fully saturated rings. The van der Waals surface area contributed by atoms with Crippen molar-refractivity contribution in [3.8, 4) is 0 Å². The summed E-state index contributed by atoms with van der Waals surface area (Å²) >= 11 is 3.31. The van der Waals surface area contributed by atoms with Gasteiger partial charge in [-0.15, -0.1) is 0 Å². The number of carbonyl (C=O) groups excluding carboxylic acids is 1. The Labute approximate surface area is 113 Å². The lowest BCUT2D eigenvalue weighted by Gasteiger charge is -2.08. The molecular formula is C14H11BrFNO. The maximum absolute atomic E-state index is 12.9. The Morgan fingerprint density at radius 3 is 2.67 bits per heavy atom. The highest BCUT2D eigenvalue weighted by Crippen LogP contribution is 2.18. The SMILES string of the molecule is Cc1cc(F)ccc1NC(=O)c1cccc(Br)c1. The standard InChI is InChI=1S/C14H11BrFNO/c1-9-7-12(16)5-6-13(9)17-14(18)10-3-2-4-11(15)8-10/h2-8H,1H3,(H,17,18). The molecule has 0 saturated heterocycles. The van der Waals surface area contributed by atoms with Crippen molar-refractivity contribution in [3.63, 3.8) is 0 Å². The van der Waals surface area contributed by atoms with E-state index >= 15 is 0 Å². The van der Waals surface area contributed by atoms with Crippen LogP contribution in [-0.2, 0) is 0 Å². The van der Waals surface area contributed by atoms with Crippen LogP contribution in [0.1, 0.15) is 15.9 Å². The second-order valence-corrected chi connectivity index (χ2v) is 4.84. The molecule has 4 heteroatoms. The van der Waals surface area contributed by atoms with Crippen LogP contribution < -0.4 is 5.32 Å². The predicted octanol–water partition coefficient (Wildman–Crippen LogP) is 4.15. The molecule has 2 nitrogen and oxygen atoms in total. The largest absolute Gasteiger partial charge is 0.322 e. The molecule has 1 amide bonds. The first-order valence-electron chi connectivity index (χ1n) is 5.39. The highest BCUT2D eigenvalue weighted by Gasteiger charge is 2.08. The lowest BCUT2D eigenvalue weighted by molar-refractivity contribution is 0.102. The first-order valence-corrected chi connectivity index (χ1v) is 6.18. The Morgan fingerprint density at radius 2 is 2.00 bits per heavy atom. The molecule has 92 valence electrons. The first kappa shape index (κ1) is 12.8. The highest BCUT2D eigenvalue weighted by molar-refractivity contribution is 9.10. The van der Waals surface area contributed by atoms with Gasteiger partial charge in [-0.3, -0.25) is 4.79 Å². The molecular weight excluding hydrogens is 297 g/mol. The van der Waals surface area contributed by atoms with Crippen molar-refractivity contribution in [2.24, 2.45) is 0 Å². The van der Waals surface area contributed by atoms with Gasteiger partial charge in [0.1, 0.15) is 5.82 Å². The van der Waals surface area contributed by atoms with Gasteiger partial charge in [0.25, 0.3) is 5.91 Å². The minimum atomic E-state index is -0.312. The van der Waals surface area contributed by atoms with E-state index in [1.807, 2.05) is 6.07 Å². The Hall–Kier alpha value is -1.68. The van der Waals surface area contributed by atoms with E-state index in [2.05, 4.69) is 21.2 Å². The third kappa shape index (κ3) is 2.96. The third-order valence-electron chi connectivity index (χ3n) is 2.52. The van der Waals surface area contributed by atoms with Gasteiger partial charge in [0, 0.05) is 15.7 Å². The molecule has 0 aliphatic rings. The van der Waals surface area contributed by atoms with Crippen LogP contribution in [-0.4, -0.2) is 5.91 Å². The zero-order valence-electron chi connectivity index (χ0n) is 9.71. The van der Waals surface area contributed by atoms with Gasteiger partial charge >= 0.3 is 0 Å². The lowest BCUT2D eigenvalue weighted by Crippen LogP contribution is -2.12. The number of hydrogen-bond donors (Lipinski definition) is 1. The summed E-state index contributed by atoms with van der Waals surface area (Å²) in [6.07, 6.45) is 0. The first-order chi connectivity index (χ1) is 8.56. The fourth-order valence-corrected chi connectivity index (χ4v) is 1.99. The van der Waals surface area contributed by atoms with Crippen molar-refractivity contribution in [3.05, 3.63) is 63.9 Å².